The maximum Gasteiger partial charge on any atom is 0.0992 e. The number of fused-ring (bicyclic) bond motifs is 5. The lowest BCUT2D eigenvalue weighted by Gasteiger charge is -2.57. The van der Waals surface area contributed by atoms with E-state index in [0.717, 1.165) is 53.7 Å². The lowest BCUT2D eigenvalue weighted by Crippen LogP contribution is -2.51. The van der Waals surface area contributed by atoms with Crippen LogP contribution in [0.2, 0.25) is 0 Å². The van der Waals surface area contributed by atoms with Gasteiger partial charge in [-0.1, -0.05) is 13.0 Å². The Balaban J connectivity index is 1.30. The van der Waals surface area contributed by atoms with Crippen LogP contribution in [0.25, 0.3) is 0 Å². The van der Waals surface area contributed by atoms with E-state index in [-0.39, 0.29) is 0 Å². The molecule has 1 aromatic carbocycles. The summed E-state index contributed by atoms with van der Waals surface area (Å²) < 4.78 is 0. The Bertz CT molecular complexity index is 857. The van der Waals surface area contributed by atoms with Gasteiger partial charge in [0.05, 0.1) is 17.2 Å². The number of anilines is 1. The Labute approximate surface area is 188 Å². The minimum atomic E-state index is -0.417. The topological polar surface area (TPSA) is 56.0 Å². The first kappa shape index (κ1) is 21.3. The molecule has 0 unspecified atom stereocenters. The van der Waals surface area contributed by atoms with Crippen LogP contribution in [0.15, 0.2) is 24.3 Å². The van der Waals surface area contributed by atoms with E-state index in [1.54, 1.807) is 0 Å². The normalized spacial score (nSPS) is 45.0. The monoisotopic (exact) mass is 420 g/mol. The van der Waals surface area contributed by atoms with E-state index >= 15 is 0 Å². The van der Waals surface area contributed by atoms with Crippen LogP contribution in [-0.2, 0) is 0 Å². The number of rotatable bonds is 3. The van der Waals surface area contributed by atoms with Gasteiger partial charge in [0, 0.05) is 11.7 Å². The largest absolute Gasteiger partial charge is 0.390 e. The fourth-order valence-corrected chi connectivity index (χ4v) is 8.99. The lowest BCUT2D eigenvalue weighted by molar-refractivity contribution is -0.100. The van der Waals surface area contributed by atoms with Crippen LogP contribution in [0, 0.1) is 52.3 Å². The van der Waals surface area contributed by atoms with Crippen LogP contribution >= 0.6 is 0 Å². The maximum atomic E-state index is 10.6. The van der Waals surface area contributed by atoms with Gasteiger partial charge in [-0.25, -0.2) is 0 Å². The number of hydrogen-bond acceptors (Lipinski definition) is 3. The summed E-state index contributed by atoms with van der Waals surface area (Å²) in [7, 11) is 0. The van der Waals surface area contributed by atoms with Gasteiger partial charge in [0.15, 0.2) is 0 Å². The molecule has 5 rings (SSSR count). The van der Waals surface area contributed by atoms with Crippen molar-refractivity contribution in [2.75, 3.05) is 5.32 Å². The fourth-order valence-electron chi connectivity index (χ4n) is 8.99. The summed E-state index contributed by atoms with van der Waals surface area (Å²) in [6, 6.07) is 10.6. The summed E-state index contributed by atoms with van der Waals surface area (Å²) in [6.07, 6.45) is 11.5. The zero-order valence-corrected chi connectivity index (χ0v) is 19.6. The SMILES string of the molecule is C[C@@H](Nc1cccc(C#N)c1)[C@H]1CC[C@H]2[C@@H]3CC[C@@H]4C[C@](C)(O)CC[C@@H]4[C@H]3CC[C@]12C. The molecule has 31 heavy (non-hydrogen) atoms. The molecular formula is C28H40N2O. The molecule has 0 aromatic heterocycles. The molecule has 1 aromatic rings. The molecule has 0 spiro atoms. The molecule has 0 aliphatic heterocycles. The highest BCUT2D eigenvalue weighted by Gasteiger charge is 2.58. The summed E-state index contributed by atoms with van der Waals surface area (Å²) in [6.45, 7) is 7.03. The number of nitrogens with zero attached hydrogens (tertiary/aromatic N) is 1. The lowest BCUT2D eigenvalue weighted by atomic mass is 9.49. The highest BCUT2D eigenvalue weighted by atomic mass is 16.3. The van der Waals surface area contributed by atoms with Gasteiger partial charge in [0.1, 0.15) is 0 Å². The first-order chi connectivity index (χ1) is 14.8. The maximum absolute atomic E-state index is 10.6. The molecule has 4 saturated carbocycles. The summed E-state index contributed by atoms with van der Waals surface area (Å²) in [5, 5.41) is 23.6. The third-order valence-corrected chi connectivity index (χ3v) is 10.3. The predicted molar refractivity (Wildman–Crippen MR) is 125 cm³/mol. The van der Waals surface area contributed by atoms with Gasteiger partial charge in [-0.2, -0.15) is 5.26 Å². The summed E-state index contributed by atoms with van der Waals surface area (Å²) in [5.41, 5.74) is 1.84. The van der Waals surface area contributed by atoms with Crippen LogP contribution in [0.3, 0.4) is 0 Å². The van der Waals surface area contributed by atoms with Crippen molar-refractivity contribution in [3.8, 4) is 6.07 Å². The highest BCUT2D eigenvalue weighted by Crippen LogP contribution is 2.65. The van der Waals surface area contributed by atoms with Crippen molar-refractivity contribution >= 4 is 5.69 Å². The Kier molecular flexibility index (Phi) is 5.37. The van der Waals surface area contributed by atoms with E-state index < -0.39 is 5.60 Å². The molecule has 4 aliphatic rings. The Morgan fingerprint density at radius 2 is 1.84 bits per heavy atom. The Morgan fingerprint density at radius 3 is 2.65 bits per heavy atom. The zero-order chi connectivity index (χ0) is 21.8. The fraction of sp³-hybridized carbons (Fsp3) is 0.750. The van der Waals surface area contributed by atoms with Gasteiger partial charge < -0.3 is 10.4 Å². The van der Waals surface area contributed by atoms with E-state index in [2.05, 4.69) is 38.2 Å². The standard InChI is InChI=1S/C28H40N2O/c1-18(30-21-6-4-5-19(15-21)17-29)25-9-10-26-24-8-7-20-16-27(2,31)13-11-22(20)23(24)12-14-28(25,26)3/h4-6,15,18,20,22-26,30-31H,7-14,16H2,1-3H3/t18-,20-,22+,23-,24-,25-,26+,27-,28-/m1/s1. The average Bonchev–Trinajstić information content (AvgIpc) is 3.10. The quantitative estimate of drug-likeness (QED) is 0.596. The molecule has 0 amide bonds. The average molecular weight is 421 g/mol. The van der Waals surface area contributed by atoms with Crippen LogP contribution in [-0.4, -0.2) is 16.7 Å². The van der Waals surface area contributed by atoms with Crippen molar-refractivity contribution in [1.29, 1.82) is 5.26 Å². The highest BCUT2D eigenvalue weighted by molar-refractivity contribution is 5.49. The number of benzene rings is 1. The minimum Gasteiger partial charge on any atom is -0.390 e. The van der Waals surface area contributed by atoms with Crippen molar-refractivity contribution in [2.45, 2.75) is 90.2 Å². The molecule has 4 fully saturated rings. The molecule has 0 bridgehead atoms. The molecule has 0 radical (unpaired) electrons. The van der Waals surface area contributed by atoms with Crippen LogP contribution in [0.5, 0.6) is 0 Å². The van der Waals surface area contributed by atoms with Crippen molar-refractivity contribution in [3.63, 3.8) is 0 Å². The second kappa shape index (κ2) is 7.80. The van der Waals surface area contributed by atoms with E-state index in [1.165, 1.54) is 44.9 Å². The van der Waals surface area contributed by atoms with Crippen molar-refractivity contribution in [1.82, 2.24) is 0 Å². The third kappa shape index (κ3) is 3.70. The smallest absolute Gasteiger partial charge is 0.0992 e. The molecule has 2 N–H and O–H groups in total. The zero-order valence-electron chi connectivity index (χ0n) is 19.6. The van der Waals surface area contributed by atoms with Crippen molar-refractivity contribution in [3.05, 3.63) is 29.8 Å². The van der Waals surface area contributed by atoms with E-state index in [4.69, 9.17) is 0 Å². The second-order valence-corrected chi connectivity index (χ2v) is 12.0. The molecule has 3 nitrogen and oxygen atoms in total. The van der Waals surface area contributed by atoms with Crippen LogP contribution < -0.4 is 5.32 Å². The molecule has 9 atom stereocenters. The van der Waals surface area contributed by atoms with Gasteiger partial charge in [-0.05, 0) is 131 Å². The van der Waals surface area contributed by atoms with E-state index in [1.807, 2.05) is 18.2 Å². The molecule has 168 valence electrons. The second-order valence-electron chi connectivity index (χ2n) is 12.0. The first-order valence-corrected chi connectivity index (χ1v) is 12.8. The van der Waals surface area contributed by atoms with Gasteiger partial charge in [-0.15, -0.1) is 0 Å². The summed E-state index contributed by atoms with van der Waals surface area (Å²) >= 11 is 0. The number of aliphatic hydroxyl groups is 1. The van der Waals surface area contributed by atoms with Gasteiger partial charge in [-0.3, -0.25) is 0 Å². The van der Waals surface area contributed by atoms with Crippen molar-refractivity contribution < 1.29 is 5.11 Å². The summed E-state index contributed by atoms with van der Waals surface area (Å²) in [4.78, 5) is 0. The minimum absolute atomic E-state index is 0.417. The first-order valence-electron chi connectivity index (χ1n) is 12.8. The Hall–Kier alpha value is -1.53. The van der Waals surface area contributed by atoms with Crippen molar-refractivity contribution in [2.24, 2.45) is 40.9 Å². The van der Waals surface area contributed by atoms with Gasteiger partial charge in [0.25, 0.3) is 0 Å². The number of hydrogen-bond donors (Lipinski definition) is 2. The van der Waals surface area contributed by atoms with E-state index in [0.29, 0.717) is 17.4 Å². The van der Waals surface area contributed by atoms with Gasteiger partial charge >= 0.3 is 0 Å². The number of nitriles is 1. The Morgan fingerprint density at radius 1 is 1.03 bits per heavy atom. The summed E-state index contributed by atoms with van der Waals surface area (Å²) in [5.74, 6) is 5.01. The third-order valence-electron chi connectivity index (χ3n) is 10.3. The molecular weight excluding hydrogens is 380 g/mol. The molecule has 4 aliphatic carbocycles. The molecule has 3 heteroatoms. The van der Waals surface area contributed by atoms with Crippen LogP contribution in [0.1, 0.15) is 84.1 Å². The predicted octanol–water partition coefficient (Wildman–Crippen LogP) is 6.38. The van der Waals surface area contributed by atoms with E-state index in [9.17, 15) is 10.4 Å². The number of nitrogens with one attached hydrogen (secondary N) is 1. The van der Waals surface area contributed by atoms with Crippen LogP contribution in [0.4, 0.5) is 5.69 Å². The molecule has 0 heterocycles. The van der Waals surface area contributed by atoms with Gasteiger partial charge in [0.2, 0.25) is 0 Å². The molecule has 0 saturated heterocycles.